The van der Waals surface area contributed by atoms with Crippen molar-refractivity contribution in [3.05, 3.63) is 17.5 Å². The average molecular weight is 650 g/mol. The Labute approximate surface area is 200 Å². The van der Waals surface area contributed by atoms with E-state index in [9.17, 15) is 106 Å². The summed E-state index contributed by atoms with van der Waals surface area (Å²) in [6.45, 7) is 0. The van der Waals surface area contributed by atoms with Crippen LogP contribution in [0, 0.1) is 0 Å². The molecule has 234 valence electrons. The molecular weight excluding hydrogens is 649 g/mol. The van der Waals surface area contributed by atoms with Gasteiger partial charge in [0.2, 0.25) is 0 Å². The first kappa shape index (κ1) is 35.3. The van der Waals surface area contributed by atoms with Gasteiger partial charge in [-0.2, -0.15) is 111 Å². The van der Waals surface area contributed by atoms with Crippen molar-refractivity contribution in [2.75, 3.05) is 0 Å². The molecule has 0 amide bonds. The van der Waals surface area contributed by atoms with Gasteiger partial charge in [-0.1, -0.05) is 0 Å². The van der Waals surface area contributed by atoms with Crippen LogP contribution in [-0.4, -0.2) is 63.6 Å². The normalized spacial score (nSPS) is 16.0. The molecule has 3 nitrogen and oxygen atoms in total. The van der Waals surface area contributed by atoms with Crippen LogP contribution in [-0.2, 0) is 12.1 Å². The molecule has 1 rings (SSSR count). The van der Waals surface area contributed by atoms with Crippen LogP contribution in [0.1, 0.15) is 16.2 Å². The second-order valence-corrected chi connectivity index (χ2v) is 7.15. The molecule has 0 spiro atoms. The Bertz CT molecular complexity index is 1120. The fourth-order valence-electron chi connectivity index (χ4n) is 2.27. The van der Waals surface area contributed by atoms with Crippen LogP contribution < -0.4 is 0 Å². The van der Waals surface area contributed by atoms with Gasteiger partial charge < -0.3 is 0 Å². The van der Waals surface area contributed by atoms with Crippen molar-refractivity contribution in [1.29, 1.82) is 0 Å². The summed E-state index contributed by atoms with van der Waals surface area (Å²) < 4.78 is 297. The lowest BCUT2D eigenvalue weighted by Gasteiger charge is -2.39. The molecule has 0 unspecified atom stereocenters. The first-order valence-corrected chi connectivity index (χ1v) is 8.50. The molecule has 1 heterocycles. The summed E-state index contributed by atoms with van der Waals surface area (Å²) in [4.78, 5) is 11.4. The van der Waals surface area contributed by atoms with E-state index >= 15 is 0 Å². The number of nitrogens with zero attached hydrogens (tertiary/aromatic N) is 2. The van der Waals surface area contributed by atoms with Crippen LogP contribution in [0.2, 0.25) is 0 Å². The maximum absolute atomic E-state index is 14.0. The van der Waals surface area contributed by atoms with E-state index < -0.39 is 88.0 Å². The van der Waals surface area contributed by atoms with Crippen LogP contribution in [0.15, 0.2) is 6.07 Å². The molecule has 0 aromatic carbocycles. The van der Waals surface area contributed by atoms with Gasteiger partial charge in [-0.25, -0.2) is 0 Å². The smallest absolute Gasteiger partial charge is 0.265 e. The van der Waals surface area contributed by atoms with Gasteiger partial charge in [-0.05, 0) is 6.07 Å². The number of aromatic nitrogens is 2. The van der Waals surface area contributed by atoms with Gasteiger partial charge in [0, 0.05) is 0 Å². The second kappa shape index (κ2) is 8.88. The van der Waals surface area contributed by atoms with Crippen molar-refractivity contribution in [3.8, 4) is 0 Å². The molecule has 0 aliphatic carbocycles. The number of halogens is 23. The van der Waals surface area contributed by atoms with Crippen molar-refractivity contribution in [2.24, 2.45) is 0 Å². The zero-order valence-corrected chi connectivity index (χ0v) is 17.1. The largest absolute Gasteiger partial charge is 0.460 e. The Hall–Kier alpha value is -2.73. The highest BCUT2D eigenvalue weighted by atomic mass is 19.4. The minimum absolute atomic E-state index is 1.13. The monoisotopic (exact) mass is 650 g/mol. The summed E-state index contributed by atoms with van der Waals surface area (Å²) in [5.41, 5.74) is -7.77. The summed E-state index contributed by atoms with van der Waals surface area (Å²) in [5, 5.41) is 1.13. The summed E-state index contributed by atoms with van der Waals surface area (Å²) in [7, 11) is 0. The molecule has 1 aromatic heterocycles. The number of rotatable bonds is 7. The minimum atomic E-state index is -8.66. The fraction of sp³-hybridized carbons (Fsp3) is 0.714. The predicted octanol–water partition coefficient (Wildman–Crippen LogP) is 7.57. The molecule has 0 N–H and O–H groups in total. The van der Waals surface area contributed by atoms with Gasteiger partial charge in [0.25, 0.3) is 0 Å². The lowest BCUT2D eigenvalue weighted by Crippen LogP contribution is -2.69. The number of hydrogen-bond acceptors (Lipinski definition) is 2. The predicted molar refractivity (Wildman–Crippen MR) is 73.5 cm³/mol. The Morgan fingerprint density at radius 2 is 0.875 bits per heavy atom. The summed E-state index contributed by atoms with van der Waals surface area (Å²) >= 11 is 0. The van der Waals surface area contributed by atoms with Gasteiger partial charge in [0.15, 0.2) is 5.69 Å². The Balaban J connectivity index is 3.96. The van der Waals surface area contributed by atoms with Crippen LogP contribution in [0.5, 0.6) is 0 Å². The van der Waals surface area contributed by atoms with E-state index in [2.05, 4.69) is 0 Å². The molecule has 0 bridgehead atoms. The zero-order chi connectivity index (χ0) is 32.7. The molecule has 26 heteroatoms. The standard InChI is InChI=1S/C14HF23N2O/c15-5(16,8(22,23)10(26,27)11(28,29)12(30,31)14(35,36)37)2-1-3(7(19,20)21)39(38-2)4(40)6(17,18)9(24,25)13(32,33)34/h1H. The summed E-state index contributed by atoms with van der Waals surface area (Å²) in [5.74, 6) is -61.6. The minimum Gasteiger partial charge on any atom is -0.265 e. The van der Waals surface area contributed by atoms with E-state index in [1.54, 1.807) is 0 Å². The molecule has 1 aromatic rings. The highest BCUT2D eigenvalue weighted by molar-refractivity contribution is 5.87. The maximum atomic E-state index is 14.0. The van der Waals surface area contributed by atoms with Crippen molar-refractivity contribution in [3.63, 3.8) is 0 Å². The van der Waals surface area contributed by atoms with Crippen molar-refractivity contribution >= 4 is 5.91 Å². The molecule has 0 aliphatic rings. The fourth-order valence-corrected chi connectivity index (χ4v) is 2.27. The molecule has 0 fully saturated rings. The number of alkyl halides is 23. The van der Waals surface area contributed by atoms with E-state index in [1.807, 2.05) is 0 Å². The molecule has 0 radical (unpaired) electrons. The molecule has 0 saturated carbocycles. The van der Waals surface area contributed by atoms with Crippen molar-refractivity contribution in [1.82, 2.24) is 9.78 Å². The third-order valence-electron chi connectivity index (χ3n) is 4.47. The van der Waals surface area contributed by atoms with E-state index in [0.29, 0.717) is 0 Å². The van der Waals surface area contributed by atoms with Gasteiger partial charge in [0.05, 0.1) is 0 Å². The molecule has 0 atom stereocenters. The molecule has 40 heavy (non-hydrogen) atoms. The summed E-state index contributed by atoms with van der Waals surface area (Å²) in [6, 6.07) is -1.97. The number of hydrogen-bond donors (Lipinski definition) is 0. The van der Waals surface area contributed by atoms with E-state index in [1.165, 1.54) is 0 Å². The van der Waals surface area contributed by atoms with Gasteiger partial charge in [-0.15, -0.1) is 0 Å². The highest BCUT2D eigenvalue weighted by Crippen LogP contribution is 2.62. The topological polar surface area (TPSA) is 34.9 Å². The second-order valence-electron chi connectivity index (χ2n) is 7.15. The third-order valence-corrected chi connectivity index (χ3v) is 4.47. The zero-order valence-electron chi connectivity index (χ0n) is 17.1. The first-order chi connectivity index (χ1) is 17.0. The Morgan fingerprint density at radius 3 is 1.20 bits per heavy atom. The Morgan fingerprint density at radius 1 is 0.525 bits per heavy atom. The van der Waals surface area contributed by atoms with E-state index in [4.69, 9.17) is 0 Å². The third kappa shape index (κ3) is 4.66. The van der Waals surface area contributed by atoms with Gasteiger partial charge in [-0.3, -0.25) is 4.79 Å². The lowest BCUT2D eigenvalue weighted by atomic mass is 9.92. The number of carbonyl (C=O) groups excluding carboxylic acids is 1. The van der Waals surface area contributed by atoms with Crippen LogP contribution in [0.25, 0.3) is 0 Å². The van der Waals surface area contributed by atoms with Crippen LogP contribution >= 0.6 is 0 Å². The maximum Gasteiger partial charge on any atom is 0.460 e. The summed E-state index contributed by atoms with van der Waals surface area (Å²) in [6.07, 6.45) is -22.2. The quantitative estimate of drug-likeness (QED) is 0.286. The van der Waals surface area contributed by atoms with Crippen LogP contribution in [0.3, 0.4) is 0 Å². The molecular formula is C14HF23N2O. The first-order valence-electron chi connectivity index (χ1n) is 8.50. The van der Waals surface area contributed by atoms with Crippen LogP contribution in [0.4, 0.5) is 101 Å². The lowest BCUT2D eigenvalue weighted by molar-refractivity contribution is -0.442. The average Bonchev–Trinajstić information content (AvgIpc) is 3.17. The van der Waals surface area contributed by atoms with E-state index in [0.717, 1.165) is 5.10 Å². The highest BCUT2D eigenvalue weighted by Gasteiger charge is 2.91. The van der Waals surface area contributed by atoms with Crippen molar-refractivity contribution in [2.45, 2.75) is 60.0 Å². The SMILES string of the molecule is O=C(n1nc(C(F)(F)C(F)(F)C(F)(F)C(F)(F)C(F)(F)C(F)(F)F)cc1C(F)(F)F)C(F)(F)C(F)(F)C(F)(F)F. The molecule has 0 aliphatic heterocycles. The van der Waals surface area contributed by atoms with Gasteiger partial charge in [0.1, 0.15) is 5.69 Å². The number of carbonyl (C=O) groups is 1. The van der Waals surface area contributed by atoms with Crippen molar-refractivity contribution < 1.29 is 106 Å². The van der Waals surface area contributed by atoms with Gasteiger partial charge >= 0.3 is 65.9 Å². The molecule has 0 saturated heterocycles. The van der Waals surface area contributed by atoms with E-state index in [-0.39, 0.29) is 0 Å². The Kier molecular flexibility index (Phi) is 7.84.